The fraction of sp³-hybridized carbons (Fsp3) is 0.200. The fourth-order valence-corrected chi connectivity index (χ4v) is 1.60. The summed E-state index contributed by atoms with van der Waals surface area (Å²) in [6, 6.07) is 6.46. The quantitative estimate of drug-likeness (QED) is 0.640. The highest BCUT2D eigenvalue weighted by atomic mass is 16.6. The zero-order valence-corrected chi connectivity index (χ0v) is 9.41. The van der Waals surface area contributed by atoms with E-state index in [0.29, 0.717) is 17.3 Å². The number of nitrogens with one attached hydrogen (secondary N) is 1. The minimum absolute atomic E-state index is 0.0191. The summed E-state index contributed by atoms with van der Waals surface area (Å²) in [6.45, 7) is 0. The van der Waals surface area contributed by atoms with Crippen molar-refractivity contribution in [1.29, 1.82) is 0 Å². The maximum absolute atomic E-state index is 10.9. The van der Waals surface area contributed by atoms with Crippen LogP contribution >= 0.6 is 0 Å². The van der Waals surface area contributed by atoms with Crippen LogP contribution in [0.25, 0.3) is 11.4 Å². The van der Waals surface area contributed by atoms with Crippen molar-refractivity contribution >= 4 is 11.6 Å². The molecular formula is C10H11N5O2. The molecule has 0 aliphatic heterocycles. The van der Waals surface area contributed by atoms with E-state index in [0.717, 1.165) is 0 Å². The number of nitrogens with zero attached hydrogens (tertiary/aromatic N) is 4. The topological polar surface area (TPSA) is 85.9 Å². The molecule has 0 fully saturated rings. The third-order valence-electron chi connectivity index (χ3n) is 2.44. The standard InChI is InChI=1S/C10H11N5O2/c1-11-10-13-12-9(14(10)2)7-5-3-4-6-8(7)15(16)17/h3-6H,1-2H3,(H,11,13). The molecular weight excluding hydrogens is 222 g/mol. The smallest absolute Gasteiger partial charge is 0.280 e. The molecule has 0 atom stereocenters. The zero-order valence-electron chi connectivity index (χ0n) is 9.41. The highest BCUT2D eigenvalue weighted by Crippen LogP contribution is 2.28. The first-order chi connectivity index (χ1) is 8.15. The number of hydrogen-bond donors (Lipinski definition) is 1. The van der Waals surface area contributed by atoms with Crippen molar-refractivity contribution in [3.63, 3.8) is 0 Å². The summed E-state index contributed by atoms with van der Waals surface area (Å²) in [5, 5.41) is 21.6. The van der Waals surface area contributed by atoms with Gasteiger partial charge in [-0.15, -0.1) is 10.2 Å². The number of rotatable bonds is 3. The van der Waals surface area contributed by atoms with E-state index >= 15 is 0 Å². The van der Waals surface area contributed by atoms with Crippen LogP contribution in [0.15, 0.2) is 24.3 Å². The highest BCUT2D eigenvalue weighted by molar-refractivity contribution is 5.68. The largest absolute Gasteiger partial charge is 0.357 e. The Morgan fingerprint density at radius 2 is 2.06 bits per heavy atom. The lowest BCUT2D eigenvalue weighted by Crippen LogP contribution is -2.01. The average Bonchev–Trinajstić information content (AvgIpc) is 2.70. The number of hydrogen-bond acceptors (Lipinski definition) is 5. The molecule has 17 heavy (non-hydrogen) atoms. The van der Waals surface area contributed by atoms with E-state index in [2.05, 4.69) is 15.5 Å². The van der Waals surface area contributed by atoms with Gasteiger partial charge in [-0.25, -0.2) is 0 Å². The number of benzene rings is 1. The van der Waals surface area contributed by atoms with Gasteiger partial charge in [-0.3, -0.25) is 14.7 Å². The van der Waals surface area contributed by atoms with Crippen LogP contribution in [0.1, 0.15) is 0 Å². The summed E-state index contributed by atoms with van der Waals surface area (Å²) in [4.78, 5) is 10.5. The van der Waals surface area contributed by atoms with Gasteiger partial charge in [-0.2, -0.15) is 0 Å². The van der Waals surface area contributed by atoms with Crippen LogP contribution in [0.4, 0.5) is 11.6 Å². The van der Waals surface area contributed by atoms with E-state index < -0.39 is 4.92 Å². The molecule has 0 saturated carbocycles. The summed E-state index contributed by atoms with van der Waals surface area (Å²) in [5.74, 6) is 1.01. The van der Waals surface area contributed by atoms with Crippen LogP contribution in [-0.4, -0.2) is 26.7 Å². The first-order valence-electron chi connectivity index (χ1n) is 4.96. The molecule has 1 heterocycles. The van der Waals surface area contributed by atoms with Gasteiger partial charge in [0.2, 0.25) is 5.95 Å². The van der Waals surface area contributed by atoms with E-state index in [1.807, 2.05) is 0 Å². The van der Waals surface area contributed by atoms with Crippen molar-refractivity contribution in [3.8, 4) is 11.4 Å². The molecule has 88 valence electrons. The number of aromatic nitrogens is 3. The second-order valence-electron chi connectivity index (χ2n) is 3.43. The molecule has 0 aliphatic carbocycles. The Morgan fingerprint density at radius 1 is 1.35 bits per heavy atom. The number of anilines is 1. The molecule has 7 heteroatoms. The maximum atomic E-state index is 10.9. The van der Waals surface area contributed by atoms with E-state index in [-0.39, 0.29) is 5.69 Å². The molecule has 2 rings (SSSR count). The predicted octanol–water partition coefficient (Wildman–Crippen LogP) is 1.43. The van der Waals surface area contributed by atoms with E-state index in [9.17, 15) is 10.1 Å². The van der Waals surface area contributed by atoms with Crippen LogP contribution in [0.3, 0.4) is 0 Å². The van der Waals surface area contributed by atoms with Crippen LogP contribution in [0.5, 0.6) is 0 Å². The highest BCUT2D eigenvalue weighted by Gasteiger charge is 2.19. The molecule has 0 bridgehead atoms. The van der Waals surface area contributed by atoms with Gasteiger partial charge in [-0.05, 0) is 6.07 Å². The monoisotopic (exact) mass is 233 g/mol. The van der Waals surface area contributed by atoms with Gasteiger partial charge in [0.15, 0.2) is 5.82 Å². The minimum atomic E-state index is -0.428. The Morgan fingerprint density at radius 3 is 2.65 bits per heavy atom. The van der Waals surface area contributed by atoms with Crippen molar-refractivity contribution < 1.29 is 4.92 Å². The summed E-state index contributed by atoms with van der Waals surface area (Å²) in [5.41, 5.74) is 0.472. The molecule has 1 N–H and O–H groups in total. The van der Waals surface area contributed by atoms with Crippen molar-refractivity contribution in [2.75, 3.05) is 12.4 Å². The molecule has 0 unspecified atom stereocenters. The lowest BCUT2D eigenvalue weighted by Gasteiger charge is -2.03. The Hall–Kier alpha value is -2.44. The normalized spacial score (nSPS) is 10.2. The second kappa shape index (κ2) is 4.20. The summed E-state index contributed by atoms with van der Waals surface area (Å²) in [7, 11) is 3.46. The van der Waals surface area contributed by atoms with Crippen molar-refractivity contribution in [2.45, 2.75) is 0 Å². The summed E-state index contributed by atoms with van der Waals surface area (Å²) >= 11 is 0. The first-order valence-corrected chi connectivity index (χ1v) is 4.96. The van der Waals surface area contributed by atoms with E-state index in [1.54, 1.807) is 36.9 Å². The van der Waals surface area contributed by atoms with Gasteiger partial charge >= 0.3 is 0 Å². The van der Waals surface area contributed by atoms with Gasteiger partial charge in [0.25, 0.3) is 5.69 Å². The van der Waals surface area contributed by atoms with Gasteiger partial charge in [0.05, 0.1) is 10.5 Å². The second-order valence-corrected chi connectivity index (χ2v) is 3.43. The van der Waals surface area contributed by atoms with Crippen LogP contribution in [0, 0.1) is 10.1 Å². The number of nitro benzene ring substituents is 1. The SMILES string of the molecule is CNc1nnc(-c2ccccc2[N+](=O)[O-])n1C. The van der Waals surface area contributed by atoms with Gasteiger partial charge in [0.1, 0.15) is 0 Å². The lowest BCUT2D eigenvalue weighted by molar-refractivity contribution is -0.384. The Balaban J connectivity index is 2.60. The summed E-state index contributed by atoms with van der Waals surface area (Å²) in [6.07, 6.45) is 0. The molecule has 2 aromatic rings. The maximum Gasteiger partial charge on any atom is 0.280 e. The van der Waals surface area contributed by atoms with Crippen molar-refractivity contribution in [3.05, 3.63) is 34.4 Å². The van der Waals surface area contributed by atoms with Gasteiger partial charge in [0, 0.05) is 20.2 Å². The Labute approximate surface area is 97.2 Å². The molecule has 1 aromatic carbocycles. The molecule has 0 amide bonds. The van der Waals surface area contributed by atoms with Crippen LogP contribution in [0.2, 0.25) is 0 Å². The lowest BCUT2D eigenvalue weighted by atomic mass is 10.1. The average molecular weight is 233 g/mol. The van der Waals surface area contributed by atoms with E-state index in [4.69, 9.17) is 0 Å². The number of para-hydroxylation sites is 1. The first kappa shape index (κ1) is 11.1. The third-order valence-corrected chi connectivity index (χ3v) is 2.44. The molecule has 0 aliphatic rings. The predicted molar refractivity (Wildman–Crippen MR) is 62.6 cm³/mol. The minimum Gasteiger partial charge on any atom is -0.357 e. The van der Waals surface area contributed by atoms with Crippen LogP contribution < -0.4 is 5.32 Å². The molecule has 0 radical (unpaired) electrons. The zero-order chi connectivity index (χ0) is 12.4. The Bertz CT molecular complexity index is 564. The van der Waals surface area contributed by atoms with Gasteiger partial charge < -0.3 is 5.32 Å². The van der Waals surface area contributed by atoms with Crippen molar-refractivity contribution in [2.24, 2.45) is 7.05 Å². The molecule has 0 saturated heterocycles. The number of nitro groups is 1. The van der Waals surface area contributed by atoms with Gasteiger partial charge in [-0.1, -0.05) is 12.1 Å². The molecule has 7 nitrogen and oxygen atoms in total. The fourth-order valence-electron chi connectivity index (χ4n) is 1.60. The third kappa shape index (κ3) is 1.82. The summed E-state index contributed by atoms with van der Waals surface area (Å²) < 4.78 is 1.67. The molecule has 0 spiro atoms. The molecule has 1 aromatic heterocycles. The van der Waals surface area contributed by atoms with Crippen molar-refractivity contribution in [1.82, 2.24) is 14.8 Å². The Kier molecular flexibility index (Phi) is 2.73. The van der Waals surface area contributed by atoms with Crippen LogP contribution in [-0.2, 0) is 7.05 Å². The van der Waals surface area contributed by atoms with E-state index in [1.165, 1.54) is 6.07 Å².